The summed E-state index contributed by atoms with van der Waals surface area (Å²) in [6.07, 6.45) is 44.4. The zero-order valence-corrected chi connectivity index (χ0v) is 123. The number of hydrogen-bond acceptors (Lipinski definition) is 7. The largest absolute Gasteiger partial charge is 2.00 e. The van der Waals surface area contributed by atoms with Crippen molar-refractivity contribution >= 4 is 51.4 Å². The molecule has 0 amide bonds. The Morgan fingerprint density at radius 1 is 0.404 bits per heavy atom. The quantitative estimate of drug-likeness (QED) is 0.0202. The number of aliphatic hydroxyl groups is 2. The smallest absolute Gasteiger partial charge is 1.00 e. The van der Waals surface area contributed by atoms with Gasteiger partial charge in [0.15, 0.2) is 0 Å². The molecule has 0 saturated heterocycles. The summed E-state index contributed by atoms with van der Waals surface area (Å²) in [5, 5.41) is 50.7. The topological polar surface area (TPSA) is 189 Å². The number of aldehydes is 1. The number of benzene rings is 3. The molecule has 7 aliphatic carbocycles. The van der Waals surface area contributed by atoms with Crippen molar-refractivity contribution < 1.29 is 294 Å². The minimum atomic E-state index is -1.60. The SMILES string of the molecule is BrCC[P+](c1ccccc1)(c1ccccc1)c1ccccc1.C.C.C.C.C.C=C.C=C.C=C.C[N-]C1CCC(C/C=C/C(=O)OC)CC1.C[N-]C1CCC(CC=O)CC1.C[N-]C1CCC(CCO)CC1.[Br-].[CH2-]C1CCC([N-]C)CC1.[CH2-]C1CCC([N-]C)CC1.[CH2-]C1CCC([N-]C)CC1.[CH2-]C1CCC([N-]C)CC1.[CH2-]CC.[CH2-]CN(C)C.[CH2-]CN(C)C.[CH2-]O.[CH3-].[CH3-].[CH3-].[CH3-].[CH3-].[CH3-].[CH3-].[U].[V+2].[V+2].[V+2].[V+2].[W+2].[W+2].[W+2].[W+2].[W+2].[W+2].[W+2]. The predicted octanol–water partition coefficient (Wildman–Crippen LogP) is 28.5. The number of hydrogen-bond donors (Lipinski definition) is 2. The second-order valence-corrected chi connectivity index (χ2v) is 35.3. The maximum Gasteiger partial charge on any atom is 2.00 e. The summed E-state index contributed by atoms with van der Waals surface area (Å²) in [6.45, 7) is 49.0. The number of allylic oxidation sites excluding steroid dienone is 1. The van der Waals surface area contributed by atoms with E-state index < -0.39 is 7.26 Å². The van der Waals surface area contributed by atoms with Gasteiger partial charge in [-0.25, -0.2) is 11.9 Å². The molecular weight excluding hydrogens is 3470 g/mol. The van der Waals surface area contributed by atoms with Gasteiger partial charge in [-0.2, -0.15) is 79.4 Å². The number of nitrogens with zero attached hydrogens (tertiary/aromatic N) is 9. The Kier molecular flexibility index (Phi) is 271. The molecule has 824 valence electrons. The molecule has 0 bridgehead atoms. The van der Waals surface area contributed by atoms with Crippen LogP contribution in [-0.2, 0) is 236 Å². The fourth-order valence-corrected chi connectivity index (χ4v) is 19.9. The summed E-state index contributed by atoms with van der Waals surface area (Å²) < 4.78 is 4.53. The summed E-state index contributed by atoms with van der Waals surface area (Å²) in [7, 11) is 23.4. The van der Waals surface area contributed by atoms with Gasteiger partial charge >= 0.3 is 228 Å². The molecule has 141 heavy (non-hydrogen) atoms. The molecule has 0 unspecified atom stereocenters. The zero-order chi connectivity index (χ0) is 88.6. The monoisotopic (exact) mass is 3690 g/mol. The first-order valence-corrected chi connectivity index (χ1v) is 46.6. The Bertz CT molecular complexity index is 2380. The Labute approximate surface area is 1080 Å². The summed E-state index contributed by atoms with van der Waals surface area (Å²) in [4.78, 5) is 25.1. The summed E-state index contributed by atoms with van der Waals surface area (Å²) >= 11 is 3.70. The molecule has 7 saturated carbocycles. The molecule has 29 heteroatoms. The van der Waals surface area contributed by atoms with Crippen LogP contribution >= 0.6 is 23.2 Å². The van der Waals surface area contributed by atoms with E-state index in [0.29, 0.717) is 78.5 Å². The third kappa shape index (κ3) is 127. The van der Waals surface area contributed by atoms with Crippen LogP contribution in [0.3, 0.4) is 0 Å². The number of aliphatic hydroxyl groups excluding tert-OH is 2. The fraction of sp³-hybridized carbons (Fsp3) is 0.616. The average Bonchev–Trinajstić information content (AvgIpc) is 0.758. The Balaban J connectivity index is -0.0000000343. The van der Waals surface area contributed by atoms with Gasteiger partial charge in [-0.05, 0) is 95.2 Å². The first-order chi connectivity index (χ1) is 56.1. The maximum atomic E-state index is 10.8. The molecule has 0 aromatic heterocycles. The molecule has 0 heterocycles. The first kappa shape index (κ1) is 228. The van der Waals surface area contributed by atoms with Crippen molar-refractivity contribution in [3.8, 4) is 0 Å². The zero-order valence-electron chi connectivity index (χ0n) is 89.0. The Morgan fingerprint density at radius 3 is 0.738 bits per heavy atom. The number of alkyl halides is 1. The number of halogens is 2. The Hall–Kier alpha value is 4.92. The molecule has 14 nitrogen and oxygen atoms in total. The second-order valence-electron chi connectivity index (χ2n) is 30.9. The van der Waals surface area contributed by atoms with Crippen LogP contribution in [-0.4, -0.2) is 190 Å². The number of carbonyl (C=O) groups excluding carboxylic acids is 2. The van der Waals surface area contributed by atoms with Crippen molar-refractivity contribution in [1.29, 1.82) is 0 Å². The van der Waals surface area contributed by atoms with Crippen LogP contribution in [0.25, 0.3) is 37.2 Å². The maximum absolute atomic E-state index is 10.8. The van der Waals surface area contributed by atoms with E-state index in [-0.39, 0.29) is 365 Å². The van der Waals surface area contributed by atoms with Crippen LogP contribution < -0.4 is 32.9 Å². The molecule has 0 aliphatic heterocycles. The molecule has 4 radical (unpaired) electrons. The second kappa shape index (κ2) is 167. The van der Waals surface area contributed by atoms with E-state index in [9.17, 15) is 9.59 Å². The summed E-state index contributed by atoms with van der Waals surface area (Å²) in [6, 6.07) is 37.4. The molecule has 7 fully saturated rings. The number of ether oxygens (including phenoxy) is 1. The van der Waals surface area contributed by atoms with Gasteiger partial charge in [0.05, 0.1) is 13.3 Å². The van der Waals surface area contributed by atoms with Crippen molar-refractivity contribution in [3.05, 3.63) is 287 Å². The standard InChI is InChI=1S/C20H19BrP.C12H20NO2.C9H18NO.C9H16NO.4C8H15N.2C4H10N.C3H7.3C2H4.CH3O.5CH4.7CH3.BrH.U.4V.7W/c21-16-17-22(18-10-4-1-5-11-18,19-12-6-2-7-13-19)20-14-8-3-9-15-20;1-13-11-8-6-10(7-9-11)4-3-5-12(14)15-2;2*1-10-9-4-2-8(3-5-9)6-7-11;4*1-7-3-5-8(9-2)6-4-7;2*1-4-5(2)3;1-3-2;4*1-2;;;;;;;;;;;;;;;;;;;;;;;;;/h1-15H,16-17H2;3,5,10-11H,4,6-9H2,1-2H3;8-9,11H,2-7H2,1H3;7-9H,2-6H2,1H3;4*7-8H,1,3-6H2,2H3;2*1,4H2,2-3H3;1,3H2,2H3;3*1-2H2;2H,1H2;5*1H4;7*1H3;1H;;;;;;;;;;;;/q+1;3*-1;4*-2;3*-1;;;;-1;;;;;;7*-1;;;11*+2/p-1/b;5-3+;;;;;;;;;;;;;;;;;;;;;;;;;;;;;;;;;;;;;;. The molecule has 10 rings (SSSR count). The number of methoxy groups -OCH3 is 1. The molecule has 7 aliphatic rings. The van der Waals surface area contributed by atoms with Gasteiger partial charge in [-0.3, -0.25) is 0 Å². The van der Waals surface area contributed by atoms with Crippen molar-refractivity contribution in [1.82, 2.24) is 9.80 Å². The number of carbonyl (C=O) groups is 2. The molecule has 2 N–H and O–H groups in total. The van der Waals surface area contributed by atoms with E-state index in [1.54, 1.807) is 0 Å². The molecule has 3 aromatic carbocycles. The Morgan fingerprint density at radius 2 is 0.582 bits per heavy atom. The van der Waals surface area contributed by atoms with E-state index in [1.165, 1.54) is 209 Å². The summed E-state index contributed by atoms with van der Waals surface area (Å²) in [5.74, 6) is 4.75. The van der Waals surface area contributed by atoms with Gasteiger partial charge in [0, 0.05) is 55.5 Å². The first-order valence-electron chi connectivity index (χ1n) is 43.5. The third-order valence-corrected chi connectivity index (χ3v) is 27.5. The fourth-order valence-electron chi connectivity index (χ4n) is 14.3. The molecular formula is C112H216Br2N9O5PUV4W7. The van der Waals surface area contributed by atoms with Crippen LogP contribution in [0.1, 0.15) is 250 Å². The summed E-state index contributed by atoms with van der Waals surface area (Å²) in [5.41, 5.74) is 0. The van der Waals surface area contributed by atoms with Crippen molar-refractivity contribution in [3.63, 3.8) is 0 Å². The normalized spacial score (nSPS) is 19.9. The van der Waals surface area contributed by atoms with Gasteiger partial charge in [0.1, 0.15) is 29.5 Å². The van der Waals surface area contributed by atoms with E-state index >= 15 is 0 Å². The average molecular weight is 3690 g/mol. The minimum absolute atomic E-state index is 0. The van der Waals surface area contributed by atoms with Crippen LogP contribution in [0.2, 0.25) is 0 Å². The van der Waals surface area contributed by atoms with Crippen LogP contribution in [0.5, 0.6) is 0 Å². The van der Waals surface area contributed by atoms with Crippen LogP contribution in [0.15, 0.2) is 143 Å². The van der Waals surface area contributed by atoms with Gasteiger partial charge in [0.25, 0.3) is 0 Å². The van der Waals surface area contributed by atoms with E-state index in [2.05, 4.69) is 244 Å². The number of rotatable bonds is 21. The van der Waals surface area contributed by atoms with E-state index in [4.69, 9.17) is 10.2 Å². The van der Waals surface area contributed by atoms with Crippen LogP contribution in [0, 0.1) is 180 Å². The molecule has 0 spiro atoms. The third-order valence-electron chi connectivity index (χ3n) is 22.1. The van der Waals surface area contributed by atoms with Gasteiger partial charge in [-0.1, -0.05) is 300 Å². The predicted molar refractivity (Wildman–Crippen MR) is 602 cm³/mol. The van der Waals surface area contributed by atoms with E-state index in [1.807, 2.05) is 100 Å². The van der Waals surface area contributed by atoms with Crippen molar-refractivity contribution in [2.75, 3.05) is 116 Å². The van der Waals surface area contributed by atoms with Gasteiger partial charge in [0.2, 0.25) is 0 Å². The van der Waals surface area contributed by atoms with Crippen molar-refractivity contribution in [2.24, 2.45) is 41.4 Å². The molecule has 3 aromatic rings. The van der Waals surface area contributed by atoms with Crippen molar-refractivity contribution in [2.45, 2.75) is 292 Å². The number of esters is 1. The molecule has 0 atom stereocenters. The van der Waals surface area contributed by atoms with Crippen LogP contribution in [0.4, 0.5) is 0 Å². The van der Waals surface area contributed by atoms with E-state index in [0.717, 1.165) is 68.4 Å². The minimum Gasteiger partial charge on any atom is -1.00 e. The van der Waals surface area contributed by atoms with Gasteiger partial charge in [-0.15, -0.1) is 94.9 Å². The van der Waals surface area contributed by atoms with Gasteiger partial charge < -0.3 is 184 Å².